The highest BCUT2D eigenvalue weighted by molar-refractivity contribution is 9.10. The Labute approximate surface area is 126 Å². The number of carbonyl (C=O) groups excluding carboxylic acids is 2. The van der Waals surface area contributed by atoms with Crippen molar-refractivity contribution in [1.29, 1.82) is 5.26 Å². The first-order valence-corrected chi connectivity index (χ1v) is 6.75. The van der Waals surface area contributed by atoms with Gasteiger partial charge in [0.15, 0.2) is 0 Å². The number of hydrogen-bond donors (Lipinski definition) is 1. The molecule has 0 aliphatic rings. The normalized spacial score (nSPS) is 12.9. The summed E-state index contributed by atoms with van der Waals surface area (Å²) in [6, 6.07) is 8.71. The van der Waals surface area contributed by atoms with Gasteiger partial charge in [0.25, 0.3) is 5.91 Å². The van der Waals surface area contributed by atoms with Gasteiger partial charge in [0.1, 0.15) is 5.54 Å². The number of nitrogens with zero attached hydrogens (tertiary/aromatic N) is 1. The predicted molar refractivity (Wildman–Crippen MR) is 76.9 cm³/mol. The van der Waals surface area contributed by atoms with Crippen LogP contribution in [0.15, 0.2) is 28.7 Å². The van der Waals surface area contributed by atoms with Gasteiger partial charge in [0.05, 0.1) is 13.2 Å². The maximum atomic E-state index is 12.1. The Balaban J connectivity index is 2.89. The number of nitrogens with one attached hydrogen (secondary N) is 1. The number of halogens is 1. The Kier molecular flexibility index (Phi) is 5.71. The van der Waals surface area contributed by atoms with E-state index in [1.807, 2.05) is 6.07 Å². The number of amides is 1. The minimum Gasteiger partial charge on any atom is -0.467 e. The van der Waals surface area contributed by atoms with Gasteiger partial charge >= 0.3 is 5.97 Å². The van der Waals surface area contributed by atoms with Crippen LogP contribution < -0.4 is 5.32 Å². The molecule has 1 rings (SSSR count). The van der Waals surface area contributed by atoms with Gasteiger partial charge in [0.2, 0.25) is 0 Å². The largest absolute Gasteiger partial charge is 0.467 e. The molecule has 0 heterocycles. The van der Waals surface area contributed by atoms with Crippen LogP contribution in [-0.2, 0) is 9.53 Å². The predicted octanol–water partition coefficient (Wildman–Crippen LogP) is 2.41. The summed E-state index contributed by atoms with van der Waals surface area (Å²) in [4.78, 5) is 23.9. The minimum atomic E-state index is -1.21. The zero-order valence-corrected chi connectivity index (χ0v) is 12.9. The van der Waals surface area contributed by atoms with E-state index >= 15 is 0 Å². The van der Waals surface area contributed by atoms with Gasteiger partial charge in [-0.15, -0.1) is 0 Å². The smallest absolute Gasteiger partial charge is 0.331 e. The summed E-state index contributed by atoms with van der Waals surface area (Å²) >= 11 is 3.28. The van der Waals surface area contributed by atoms with E-state index in [0.29, 0.717) is 5.56 Å². The summed E-state index contributed by atoms with van der Waals surface area (Å²) in [5, 5.41) is 11.3. The Hall–Kier alpha value is -1.87. The molecule has 1 aromatic carbocycles. The van der Waals surface area contributed by atoms with Crippen molar-refractivity contribution < 1.29 is 14.3 Å². The van der Waals surface area contributed by atoms with Crippen LogP contribution in [0.25, 0.3) is 0 Å². The van der Waals surface area contributed by atoms with Gasteiger partial charge in [-0.25, -0.2) is 4.79 Å². The van der Waals surface area contributed by atoms with Crippen LogP contribution in [0.2, 0.25) is 0 Å². The zero-order chi connectivity index (χ0) is 15.2. The topological polar surface area (TPSA) is 79.2 Å². The molecule has 0 saturated heterocycles. The lowest BCUT2D eigenvalue weighted by Gasteiger charge is -2.27. The molecule has 0 aliphatic heterocycles. The van der Waals surface area contributed by atoms with Gasteiger partial charge in [-0.05, 0) is 37.6 Å². The van der Waals surface area contributed by atoms with Crippen molar-refractivity contribution in [2.45, 2.75) is 25.3 Å². The van der Waals surface area contributed by atoms with Crippen molar-refractivity contribution in [3.63, 3.8) is 0 Å². The second-order valence-corrected chi connectivity index (χ2v) is 5.36. The van der Waals surface area contributed by atoms with E-state index in [2.05, 4.69) is 21.2 Å². The van der Waals surface area contributed by atoms with Crippen LogP contribution in [0.1, 0.15) is 30.1 Å². The Morgan fingerprint density at radius 1 is 1.40 bits per heavy atom. The fraction of sp³-hybridized carbons (Fsp3) is 0.357. The molecule has 5 nitrogen and oxygen atoms in total. The van der Waals surface area contributed by atoms with Gasteiger partial charge in [0, 0.05) is 16.5 Å². The average Bonchev–Trinajstić information content (AvgIpc) is 2.44. The molecule has 0 aliphatic carbocycles. The Bertz CT molecular complexity index is 536. The molecule has 1 amide bonds. The standard InChI is InChI=1S/C14H15BrN2O3/c1-14(8-3-9-16,13(19)20-2)17-12(18)10-4-6-11(15)7-5-10/h4-7H,3,8H2,1-2H3,(H,17,18). The Morgan fingerprint density at radius 2 is 2.00 bits per heavy atom. The highest BCUT2D eigenvalue weighted by Crippen LogP contribution is 2.16. The lowest BCUT2D eigenvalue weighted by Crippen LogP contribution is -2.52. The molecule has 0 saturated carbocycles. The number of benzene rings is 1. The molecule has 20 heavy (non-hydrogen) atoms. The van der Waals surface area contributed by atoms with Gasteiger partial charge < -0.3 is 10.1 Å². The van der Waals surface area contributed by atoms with E-state index in [1.54, 1.807) is 31.2 Å². The number of rotatable bonds is 5. The first-order valence-electron chi connectivity index (χ1n) is 5.96. The van der Waals surface area contributed by atoms with Gasteiger partial charge in [-0.1, -0.05) is 15.9 Å². The van der Waals surface area contributed by atoms with E-state index in [1.165, 1.54) is 7.11 Å². The van der Waals surface area contributed by atoms with Crippen molar-refractivity contribution in [3.8, 4) is 6.07 Å². The summed E-state index contributed by atoms with van der Waals surface area (Å²) in [6.45, 7) is 1.55. The number of esters is 1. The number of ether oxygens (including phenoxy) is 1. The van der Waals surface area contributed by atoms with Crippen molar-refractivity contribution >= 4 is 27.8 Å². The molecule has 1 aromatic rings. The summed E-state index contributed by atoms with van der Waals surface area (Å²) in [7, 11) is 1.25. The SMILES string of the molecule is COC(=O)C(C)(CCC#N)NC(=O)c1ccc(Br)cc1. The van der Waals surface area contributed by atoms with Crippen LogP contribution in [0, 0.1) is 11.3 Å². The second-order valence-electron chi connectivity index (χ2n) is 4.44. The summed E-state index contributed by atoms with van der Waals surface area (Å²) in [5.74, 6) is -0.957. The molecule has 1 atom stereocenters. The van der Waals surface area contributed by atoms with Crippen molar-refractivity contribution in [2.24, 2.45) is 0 Å². The highest BCUT2D eigenvalue weighted by Gasteiger charge is 2.35. The number of methoxy groups -OCH3 is 1. The van der Waals surface area contributed by atoms with Gasteiger partial charge in [-0.2, -0.15) is 5.26 Å². The van der Waals surface area contributed by atoms with Crippen LogP contribution in [0.4, 0.5) is 0 Å². The molecule has 1 unspecified atom stereocenters. The molecule has 0 aromatic heterocycles. The zero-order valence-electron chi connectivity index (χ0n) is 11.3. The molecule has 0 fully saturated rings. The van der Waals surface area contributed by atoms with Crippen LogP contribution in [-0.4, -0.2) is 24.5 Å². The Morgan fingerprint density at radius 3 is 2.50 bits per heavy atom. The van der Waals surface area contributed by atoms with Crippen molar-refractivity contribution in [1.82, 2.24) is 5.32 Å². The summed E-state index contributed by atoms with van der Waals surface area (Å²) in [6.07, 6.45) is 0.338. The molecule has 0 radical (unpaired) electrons. The number of nitriles is 1. The summed E-state index contributed by atoms with van der Waals surface area (Å²) in [5.41, 5.74) is -0.783. The lowest BCUT2D eigenvalue weighted by atomic mass is 9.95. The third-order valence-electron chi connectivity index (χ3n) is 2.87. The van der Waals surface area contributed by atoms with E-state index in [-0.39, 0.29) is 18.7 Å². The first-order chi connectivity index (χ1) is 9.42. The molecule has 0 bridgehead atoms. The fourth-order valence-corrected chi connectivity index (χ4v) is 1.94. The third-order valence-corrected chi connectivity index (χ3v) is 3.40. The molecular formula is C14H15BrN2O3. The van der Waals surface area contributed by atoms with Crippen LogP contribution in [0.3, 0.4) is 0 Å². The maximum absolute atomic E-state index is 12.1. The van der Waals surface area contributed by atoms with E-state index in [0.717, 1.165) is 4.47 Å². The molecule has 0 spiro atoms. The molecule has 6 heteroatoms. The lowest BCUT2D eigenvalue weighted by molar-refractivity contribution is -0.147. The average molecular weight is 339 g/mol. The maximum Gasteiger partial charge on any atom is 0.331 e. The minimum absolute atomic E-state index is 0.145. The number of hydrogen-bond acceptors (Lipinski definition) is 4. The quantitative estimate of drug-likeness (QED) is 0.836. The first kappa shape index (κ1) is 16.2. The second kappa shape index (κ2) is 7.06. The molecular weight excluding hydrogens is 324 g/mol. The molecule has 106 valence electrons. The van der Waals surface area contributed by atoms with E-state index in [9.17, 15) is 9.59 Å². The molecule has 1 N–H and O–H groups in total. The number of carbonyl (C=O) groups is 2. The van der Waals surface area contributed by atoms with E-state index < -0.39 is 11.5 Å². The van der Waals surface area contributed by atoms with E-state index in [4.69, 9.17) is 10.00 Å². The van der Waals surface area contributed by atoms with Crippen LogP contribution >= 0.6 is 15.9 Å². The van der Waals surface area contributed by atoms with Gasteiger partial charge in [-0.3, -0.25) is 4.79 Å². The van der Waals surface area contributed by atoms with Crippen LogP contribution in [0.5, 0.6) is 0 Å². The monoisotopic (exact) mass is 338 g/mol. The van der Waals surface area contributed by atoms with Crippen molar-refractivity contribution in [3.05, 3.63) is 34.3 Å². The highest BCUT2D eigenvalue weighted by atomic mass is 79.9. The van der Waals surface area contributed by atoms with Crippen molar-refractivity contribution in [2.75, 3.05) is 7.11 Å². The fourth-order valence-electron chi connectivity index (χ4n) is 1.67. The summed E-state index contributed by atoms with van der Waals surface area (Å²) < 4.78 is 5.55. The third kappa shape index (κ3) is 4.07.